The zero-order chi connectivity index (χ0) is 14.4. The summed E-state index contributed by atoms with van der Waals surface area (Å²) >= 11 is 0. The van der Waals surface area contributed by atoms with Gasteiger partial charge in [-0.05, 0) is 31.0 Å². The Bertz CT molecular complexity index is 465. The summed E-state index contributed by atoms with van der Waals surface area (Å²) in [6, 6.07) is 3.93. The highest BCUT2D eigenvalue weighted by Gasteiger charge is 2.18. The highest BCUT2D eigenvalue weighted by atomic mass is 19.1. The van der Waals surface area contributed by atoms with Gasteiger partial charge in [0, 0.05) is 0 Å². The van der Waals surface area contributed by atoms with E-state index in [0.29, 0.717) is 5.56 Å². The van der Waals surface area contributed by atoms with Crippen LogP contribution in [0.1, 0.15) is 31.9 Å². The number of rotatable bonds is 5. The SMILES string of the molecule is CC[C@@H](NC(=O)NC(C)c1cccc(F)c1)C(=O)O. The van der Waals surface area contributed by atoms with Crippen molar-refractivity contribution >= 4 is 12.0 Å². The largest absolute Gasteiger partial charge is 0.480 e. The van der Waals surface area contributed by atoms with Crippen LogP contribution in [0.5, 0.6) is 0 Å². The van der Waals surface area contributed by atoms with Crippen molar-refractivity contribution in [2.24, 2.45) is 0 Å². The Morgan fingerprint density at radius 1 is 1.37 bits per heavy atom. The maximum Gasteiger partial charge on any atom is 0.326 e. The third kappa shape index (κ3) is 4.57. The van der Waals surface area contributed by atoms with E-state index in [1.807, 2.05) is 0 Å². The van der Waals surface area contributed by atoms with Crippen LogP contribution in [0, 0.1) is 5.82 Å². The summed E-state index contributed by atoms with van der Waals surface area (Å²) in [5, 5.41) is 13.7. The van der Waals surface area contributed by atoms with Gasteiger partial charge in [0.2, 0.25) is 0 Å². The van der Waals surface area contributed by atoms with E-state index in [4.69, 9.17) is 5.11 Å². The first-order valence-electron chi connectivity index (χ1n) is 5.99. The normalized spacial score (nSPS) is 13.4. The van der Waals surface area contributed by atoms with Crippen LogP contribution in [0.15, 0.2) is 24.3 Å². The number of amides is 2. The van der Waals surface area contributed by atoms with Crippen LogP contribution in [0.4, 0.5) is 9.18 Å². The van der Waals surface area contributed by atoms with E-state index in [1.54, 1.807) is 26.0 Å². The Labute approximate surface area is 110 Å². The molecule has 1 aromatic rings. The molecule has 3 N–H and O–H groups in total. The second-order valence-electron chi connectivity index (χ2n) is 4.19. The van der Waals surface area contributed by atoms with Crippen LogP contribution < -0.4 is 10.6 Å². The Morgan fingerprint density at radius 3 is 2.58 bits per heavy atom. The molecule has 0 aliphatic rings. The van der Waals surface area contributed by atoms with Crippen molar-refractivity contribution in [3.63, 3.8) is 0 Å². The molecule has 0 saturated carbocycles. The lowest BCUT2D eigenvalue weighted by molar-refractivity contribution is -0.139. The minimum Gasteiger partial charge on any atom is -0.480 e. The van der Waals surface area contributed by atoms with Gasteiger partial charge in [0.15, 0.2) is 0 Å². The lowest BCUT2D eigenvalue weighted by Crippen LogP contribution is -2.46. The van der Waals surface area contributed by atoms with Crippen molar-refractivity contribution in [3.05, 3.63) is 35.6 Å². The third-order valence-corrected chi connectivity index (χ3v) is 2.71. The van der Waals surface area contributed by atoms with Gasteiger partial charge in [0.1, 0.15) is 11.9 Å². The fourth-order valence-corrected chi connectivity index (χ4v) is 1.59. The Hall–Kier alpha value is -2.11. The van der Waals surface area contributed by atoms with Crippen LogP contribution in [0.25, 0.3) is 0 Å². The van der Waals surface area contributed by atoms with Crippen LogP contribution >= 0.6 is 0 Å². The lowest BCUT2D eigenvalue weighted by atomic mass is 10.1. The molecule has 1 unspecified atom stereocenters. The minimum absolute atomic E-state index is 0.289. The van der Waals surface area contributed by atoms with Crippen LogP contribution in [0.3, 0.4) is 0 Å². The summed E-state index contributed by atoms with van der Waals surface area (Å²) in [6.45, 7) is 3.35. The summed E-state index contributed by atoms with van der Waals surface area (Å²) in [5.41, 5.74) is 0.610. The van der Waals surface area contributed by atoms with Crippen LogP contribution in [0.2, 0.25) is 0 Å². The number of carboxylic acids is 1. The maximum absolute atomic E-state index is 13.0. The molecular formula is C13H17FN2O3. The number of carbonyl (C=O) groups excluding carboxylic acids is 1. The molecule has 0 saturated heterocycles. The lowest BCUT2D eigenvalue weighted by Gasteiger charge is -2.17. The van der Waals surface area contributed by atoms with Gasteiger partial charge in [0.05, 0.1) is 6.04 Å². The van der Waals surface area contributed by atoms with Crippen molar-refractivity contribution in [2.75, 3.05) is 0 Å². The first-order chi connectivity index (χ1) is 8.93. The molecule has 0 aliphatic carbocycles. The second kappa shape index (κ2) is 6.72. The predicted molar refractivity (Wildman–Crippen MR) is 68.2 cm³/mol. The number of aliphatic carboxylic acids is 1. The fraction of sp³-hybridized carbons (Fsp3) is 0.385. The van der Waals surface area contributed by atoms with Crippen LogP contribution in [-0.2, 0) is 4.79 Å². The van der Waals surface area contributed by atoms with Crippen molar-refractivity contribution in [2.45, 2.75) is 32.4 Å². The molecule has 1 rings (SSSR count). The van der Waals surface area contributed by atoms with E-state index in [1.165, 1.54) is 12.1 Å². The number of carbonyl (C=O) groups is 2. The monoisotopic (exact) mass is 268 g/mol. The minimum atomic E-state index is -1.09. The maximum atomic E-state index is 13.0. The Kier molecular flexibility index (Phi) is 5.29. The fourth-order valence-electron chi connectivity index (χ4n) is 1.59. The summed E-state index contributed by atoms with van der Waals surface area (Å²) in [6.07, 6.45) is 0.289. The number of benzene rings is 1. The molecule has 0 bridgehead atoms. The zero-order valence-corrected chi connectivity index (χ0v) is 10.8. The molecule has 0 fully saturated rings. The Morgan fingerprint density at radius 2 is 2.05 bits per heavy atom. The zero-order valence-electron chi connectivity index (χ0n) is 10.8. The molecule has 19 heavy (non-hydrogen) atoms. The second-order valence-corrected chi connectivity index (χ2v) is 4.19. The summed E-state index contributed by atoms with van der Waals surface area (Å²) < 4.78 is 13.0. The molecule has 0 aromatic heterocycles. The molecule has 2 amide bonds. The molecule has 2 atom stereocenters. The van der Waals surface area contributed by atoms with Gasteiger partial charge >= 0.3 is 12.0 Å². The number of halogens is 1. The van der Waals surface area contributed by atoms with E-state index in [-0.39, 0.29) is 12.2 Å². The average molecular weight is 268 g/mol. The van der Waals surface area contributed by atoms with E-state index in [9.17, 15) is 14.0 Å². The molecule has 0 spiro atoms. The molecule has 104 valence electrons. The topological polar surface area (TPSA) is 78.4 Å². The number of hydrogen-bond acceptors (Lipinski definition) is 2. The van der Waals surface area contributed by atoms with Crippen molar-refractivity contribution in [1.29, 1.82) is 0 Å². The summed E-state index contributed by atoms with van der Waals surface area (Å²) in [5.74, 6) is -1.47. The van der Waals surface area contributed by atoms with Gasteiger partial charge in [-0.25, -0.2) is 14.0 Å². The van der Waals surface area contributed by atoms with Gasteiger partial charge in [-0.15, -0.1) is 0 Å². The Balaban J connectivity index is 2.59. The highest BCUT2D eigenvalue weighted by molar-refractivity contribution is 5.82. The van der Waals surface area contributed by atoms with Gasteiger partial charge in [-0.1, -0.05) is 19.1 Å². The van der Waals surface area contributed by atoms with Gasteiger partial charge in [-0.3, -0.25) is 0 Å². The van der Waals surface area contributed by atoms with Gasteiger partial charge in [-0.2, -0.15) is 0 Å². The van der Waals surface area contributed by atoms with Crippen molar-refractivity contribution < 1.29 is 19.1 Å². The standard InChI is InChI=1S/C13H17FN2O3/c1-3-11(12(17)18)16-13(19)15-8(2)9-5-4-6-10(14)7-9/h4-8,11H,3H2,1-2H3,(H,17,18)(H2,15,16,19)/t8?,11-/m1/s1. The van der Waals surface area contributed by atoms with Gasteiger partial charge < -0.3 is 15.7 Å². The molecule has 0 aliphatic heterocycles. The molecule has 0 radical (unpaired) electrons. The average Bonchev–Trinajstić information content (AvgIpc) is 2.35. The molecular weight excluding hydrogens is 251 g/mol. The number of carboxylic acid groups (broad SMARTS) is 1. The number of nitrogens with one attached hydrogen (secondary N) is 2. The predicted octanol–water partition coefficient (Wildman–Crippen LogP) is 2.05. The third-order valence-electron chi connectivity index (χ3n) is 2.71. The summed E-state index contributed by atoms with van der Waals surface area (Å²) in [7, 11) is 0. The molecule has 6 heteroatoms. The number of urea groups is 1. The van der Waals surface area contributed by atoms with Crippen molar-refractivity contribution in [1.82, 2.24) is 10.6 Å². The molecule has 1 aromatic carbocycles. The van der Waals surface area contributed by atoms with E-state index >= 15 is 0 Å². The first kappa shape index (κ1) is 14.9. The van der Waals surface area contributed by atoms with E-state index in [0.717, 1.165) is 0 Å². The van der Waals surface area contributed by atoms with Crippen molar-refractivity contribution in [3.8, 4) is 0 Å². The van der Waals surface area contributed by atoms with E-state index < -0.39 is 24.1 Å². The van der Waals surface area contributed by atoms with E-state index in [2.05, 4.69) is 10.6 Å². The molecule has 5 nitrogen and oxygen atoms in total. The quantitative estimate of drug-likeness (QED) is 0.764. The highest BCUT2D eigenvalue weighted by Crippen LogP contribution is 2.13. The molecule has 0 heterocycles. The first-order valence-corrected chi connectivity index (χ1v) is 5.99. The number of hydrogen-bond donors (Lipinski definition) is 3. The van der Waals surface area contributed by atoms with Crippen LogP contribution in [-0.4, -0.2) is 23.1 Å². The smallest absolute Gasteiger partial charge is 0.326 e. The summed E-state index contributed by atoms with van der Waals surface area (Å²) in [4.78, 5) is 22.4. The van der Waals surface area contributed by atoms with Gasteiger partial charge in [0.25, 0.3) is 0 Å².